The van der Waals surface area contributed by atoms with Gasteiger partial charge in [-0.2, -0.15) is 0 Å². The fourth-order valence-corrected chi connectivity index (χ4v) is 2.10. The molecule has 0 aliphatic rings. The number of Topliss-reactive ketones (excluding diaryl/α,β-unsaturated/α-hetero) is 1. The molecule has 84 valence electrons. The summed E-state index contributed by atoms with van der Waals surface area (Å²) in [6.45, 7) is 5.27. The van der Waals surface area contributed by atoms with E-state index >= 15 is 0 Å². The fraction of sp³-hybridized carbons (Fsp3) is 0.889. The highest BCUT2D eigenvalue weighted by Gasteiger charge is 2.26. The largest absolute Gasteiger partial charge is 0.384 e. The van der Waals surface area contributed by atoms with Crippen LogP contribution in [0.3, 0.4) is 0 Å². The first-order valence-corrected chi connectivity index (χ1v) is 6.24. The summed E-state index contributed by atoms with van der Waals surface area (Å²) in [6, 6.07) is 0. The van der Waals surface area contributed by atoms with Crippen LogP contribution in [0.25, 0.3) is 0 Å². The van der Waals surface area contributed by atoms with E-state index in [0.29, 0.717) is 0 Å². The van der Waals surface area contributed by atoms with Gasteiger partial charge in [0.15, 0.2) is 15.6 Å². The molecular formula is C9H18O4S. The van der Waals surface area contributed by atoms with Crippen molar-refractivity contribution in [3.63, 3.8) is 0 Å². The highest BCUT2D eigenvalue weighted by molar-refractivity contribution is 7.92. The van der Waals surface area contributed by atoms with E-state index in [1.165, 1.54) is 7.11 Å². The maximum Gasteiger partial charge on any atom is 0.159 e. The van der Waals surface area contributed by atoms with Gasteiger partial charge in [0.05, 0.1) is 12.4 Å². The molecule has 0 saturated heterocycles. The Labute approximate surface area is 85.6 Å². The molecule has 4 nitrogen and oxygen atoms in total. The van der Waals surface area contributed by atoms with E-state index in [1.54, 1.807) is 20.8 Å². The second kappa shape index (κ2) is 4.89. The van der Waals surface area contributed by atoms with Crippen LogP contribution in [-0.2, 0) is 19.4 Å². The summed E-state index contributed by atoms with van der Waals surface area (Å²) in [5.74, 6) is -0.737. The molecule has 0 N–H and O–H groups in total. The van der Waals surface area contributed by atoms with Gasteiger partial charge >= 0.3 is 0 Å². The standard InChI is InChI=1S/C9H18O4S/c1-9(2,3)8(10)7-14(11,12)6-5-13-4/h5-7H2,1-4H3. The van der Waals surface area contributed by atoms with Crippen molar-refractivity contribution in [1.29, 1.82) is 0 Å². The lowest BCUT2D eigenvalue weighted by Gasteiger charge is -2.16. The summed E-state index contributed by atoms with van der Waals surface area (Å²) >= 11 is 0. The van der Waals surface area contributed by atoms with Crippen molar-refractivity contribution in [1.82, 2.24) is 0 Å². The van der Waals surface area contributed by atoms with Crippen LogP contribution in [0.2, 0.25) is 0 Å². The second-order valence-corrected chi connectivity index (χ2v) is 6.44. The van der Waals surface area contributed by atoms with Gasteiger partial charge in [0.1, 0.15) is 5.75 Å². The fourth-order valence-electron chi connectivity index (χ4n) is 0.699. The summed E-state index contributed by atoms with van der Waals surface area (Å²) < 4.78 is 27.3. The van der Waals surface area contributed by atoms with Crippen molar-refractivity contribution in [2.24, 2.45) is 5.41 Å². The van der Waals surface area contributed by atoms with Crippen molar-refractivity contribution in [3.8, 4) is 0 Å². The van der Waals surface area contributed by atoms with Gasteiger partial charge in [0.2, 0.25) is 0 Å². The maximum absolute atomic E-state index is 11.4. The summed E-state index contributed by atoms with van der Waals surface area (Å²) in [5.41, 5.74) is -0.597. The monoisotopic (exact) mass is 222 g/mol. The zero-order chi connectivity index (χ0) is 11.4. The Balaban J connectivity index is 4.31. The van der Waals surface area contributed by atoms with E-state index in [2.05, 4.69) is 4.74 Å². The van der Waals surface area contributed by atoms with Crippen LogP contribution in [0.4, 0.5) is 0 Å². The molecule has 0 rings (SSSR count). The topological polar surface area (TPSA) is 60.4 Å². The van der Waals surface area contributed by atoms with E-state index in [4.69, 9.17) is 0 Å². The quantitative estimate of drug-likeness (QED) is 0.685. The van der Waals surface area contributed by atoms with Gasteiger partial charge in [-0.3, -0.25) is 4.79 Å². The SMILES string of the molecule is COCCS(=O)(=O)CC(=O)C(C)(C)C. The Morgan fingerprint density at radius 3 is 2.14 bits per heavy atom. The Bertz CT molecular complexity index is 284. The van der Waals surface area contributed by atoms with Crippen LogP contribution in [0.15, 0.2) is 0 Å². The van der Waals surface area contributed by atoms with Gasteiger partial charge in [-0.15, -0.1) is 0 Å². The lowest BCUT2D eigenvalue weighted by atomic mass is 9.92. The van der Waals surface area contributed by atoms with Crippen molar-refractivity contribution >= 4 is 15.6 Å². The number of hydrogen-bond acceptors (Lipinski definition) is 4. The second-order valence-electron chi connectivity index (χ2n) is 4.26. The van der Waals surface area contributed by atoms with E-state index in [1.807, 2.05) is 0 Å². The van der Waals surface area contributed by atoms with Gasteiger partial charge in [0.25, 0.3) is 0 Å². The molecule has 0 spiro atoms. The minimum atomic E-state index is -3.30. The molecule has 0 atom stereocenters. The smallest absolute Gasteiger partial charge is 0.159 e. The normalized spacial score (nSPS) is 12.9. The molecule has 0 bridgehead atoms. The third-order valence-electron chi connectivity index (χ3n) is 1.79. The molecule has 0 fully saturated rings. The van der Waals surface area contributed by atoms with Crippen LogP contribution in [0, 0.1) is 5.41 Å². The van der Waals surface area contributed by atoms with Gasteiger partial charge in [-0.05, 0) is 0 Å². The number of carbonyl (C=O) groups excluding carboxylic acids is 1. The molecule has 0 amide bonds. The molecule has 0 saturated carbocycles. The van der Waals surface area contributed by atoms with Crippen LogP contribution in [-0.4, -0.2) is 39.4 Å². The molecule has 5 heteroatoms. The predicted octanol–water partition coefficient (Wildman–Crippen LogP) is 0.663. The number of carbonyl (C=O) groups is 1. The van der Waals surface area contributed by atoms with Gasteiger partial charge in [-0.1, -0.05) is 20.8 Å². The minimum Gasteiger partial charge on any atom is -0.384 e. The van der Waals surface area contributed by atoms with Crippen molar-refractivity contribution in [3.05, 3.63) is 0 Å². The molecule has 0 aromatic heterocycles. The molecule has 0 aromatic carbocycles. The summed E-state index contributed by atoms with van der Waals surface area (Å²) in [6.07, 6.45) is 0. The minimum absolute atomic E-state index is 0.0919. The number of methoxy groups -OCH3 is 1. The molecule has 0 heterocycles. The van der Waals surface area contributed by atoms with Crippen molar-refractivity contribution in [2.45, 2.75) is 20.8 Å². The zero-order valence-electron chi connectivity index (χ0n) is 9.16. The van der Waals surface area contributed by atoms with Crippen LogP contribution in [0.1, 0.15) is 20.8 Å². The average molecular weight is 222 g/mol. The first kappa shape index (κ1) is 13.6. The first-order valence-electron chi connectivity index (χ1n) is 4.42. The Morgan fingerprint density at radius 1 is 1.29 bits per heavy atom. The van der Waals surface area contributed by atoms with E-state index < -0.39 is 15.3 Å². The van der Waals surface area contributed by atoms with Crippen LogP contribution < -0.4 is 0 Å². The van der Waals surface area contributed by atoms with Gasteiger partial charge < -0.3 is 4.74 Å². The average Bonchev–Trinajstić information content (AvgIpc) is 1.98. The summed E-state index contributed by atoms with van der Waals surface area (Å²) in [5, 5.41) is 0. The number of ketones is 1. The van der Waals surface area contributed by atoms with Crippen molar-refractivity contribution in [2.75, 3.05) is 25.2 Å². The molecule has 0 radical (unpaired) electrons. The number of ether oxygens (including phenoxy) is 1. The third-order valence-corrected chi connectivity index (χ3v) is 3.28. The Hall–Kier alpha value is -0.420. The first-order chi connectivity index (χ1) is 6.19. The summed E-state index contributed by atoms with van der Waals surface area (Å²) in [7, 11) is -1.87. The number of hydrogen-bond donors (Lipinski definition) is 0. The molecule has 0 aliphatic heterocycles. The Morgan fingerprint density at radius 2 is 1.79 bits per heavy atom. The number of sulfone groups is 1. The molecule has 14 heavy (non-hydrogen) atoms. The molecule has 0 unspecified atom stereocenters. The molecule has 0 aliphatic carbocycles. The van der Waals surface area contributed by atoms with Crippen molar-refractivity contribution < 1.29 is 17.9 Å². The summed E-state index contributed by atoms with van der Waals surface area (Å²) in [4.78, 5) is 11.4. The third kappa shape index (κ3) is 5.34. The van der Waals surface area contributed by atoms with Gasteiger partial charge in [0, 0.05) is 12.5 Å². The number of rotatable bonds is 5. The lowest BCUT2D eigenvalue weighted by Crippen LogP contribution is -2.30. The Kier molecular flexibility index (Phi) is 4.74. The lowest BCUT2D eigenvalue weighted by molar-refractivity contribution is -0.123. The predicted molar refractivity (Wildman–Crippen MR) is 55.0 cm³/mol. The maximum atomic E-state index is 11.4. The van der Waals surface area contributed by atoms with E-state index in [0.717, 1.165) is 0 Å². The highest BCUT2D eigenvalue weighted by Crippen LogP contribution is 2.15. The highest BCUT2D eigenvalue weighted by atomic mass is 32.2. The zero-order valence-corrected chi connectivity index (χ0v) is 9.98. The van der Waals surface area contributed by atoms with E-state index in [-0.39, 0.29) is 23.9 Å². The molecular weight excluding hydrogens is 204 g/mol. The molecule has 0 aromatic rings. The van der Waals surface area contributed by atoms with Gasteiger partial charge in [-0.25, -0.2) is 8.42 Å². The van der Waals surface area contributed by atoms with E-state index in [9.17, 15) is 13.2 Å². The van der Waals surface area contributed by atoms with Crippen LogP contribution in [0.5, 0.6) is 0 Å². The van der Waals surface area contributed by atoms with Crippen LogP contribution >= 0.6 is 0 Å².